The van der Waals surface area contributed by atoms with Crippen LogP contribution in [0.1, 0.15) is 0 Å². The Hall–Kier alpha value is -2.75. The van der Waals surface area contributed by atoms with Crippen LogP contribution < -0.4 is 5.14 Å². The SMILES string of the molecule is NS(=O)(=O)c1ccccc1.O=S(=O)(c1ccc(F)cc1)N1CCN(S(=O)(=O)c2ccc(F)cc2)CC1. The van der Waals surface area contributed by atoms with Crippen LogP contribution in [0.15, 0.2) is 93.5 Å². The molecule has 4 rings (SSSR count). The standard InChI is InChI=1S/C16H16F2N2O4S2.C6H7NO2S/c17-13-1-5-15(6-2-13)25(21,22)19-9-11-20(12-10-19)26(23,24)16-7-3-14(18)4-8-16;7-10(8,9)6-4-2-1-3-5-6/h1-8H,9-12H2;1-5H,(H2,7,8,9). The third-order valence-electron chi connectivity index (χ3n) is 5.17. The van der Waals surface area contributed by atoms with E-state index in [4.69, 9.17) is 5.14 Å². The van der Waals surface area contributed by atoms with Gasteiger partial charge in [0.15, 0.2) is 0 Å². The van der Waals surface area contributed by atoms with Gasteiger partial charge in [-0.25, -0.2) is 39.2 Å². The Bertz CT molecular complexity index is 1410. The quantitative estimate of drug-likeness (QED) is 0.508. The maximum atomic E-state index is 13.0. The minimum atomic E-state index is -3.82. The van der Waals surface area contributed by atoms with Crippen molar-refractivity contribution in [3.8, 4) is 0 Å². The van der Waals surface area contributed by atoms with Gasteiger partial charge in [-0.15, -0.1) is 0 Å². The first kappa shape index (κ1) is 27.8. The summed E-state index contributed by atoms with van der Waals surface area (Å²) in [5, 5.41) is 4.83. The van der Waals surface area contributed by atoms with Crippen LogP contribution in [0.25, 0.3) is 0 Å². The van der Waals surface area contributed by atoms with Crippen LogP contribution >= 0.6 is 0 Å². The maximum Gasteiger partial charge on any atom is 0.243 e. The Kier molecular flexibility index (Phi) is 8.59. The van der Waals surface area contributed by atoms with Crippen molar-refractivity contribution < 1.29 is 34.0 Å². The van der Waals surface area contributed by atoms with E-state index < -0.39 is 41.7 Å². The fourth-order valence-electron chi connectivity index (χ4n) is 3.27. The second-order valence-electron chi connectivity index (χ2n) is 7.57. The molecule has 3 aromatic rings. The Morgan fingerprint density at radius 2 is 0.861 bits per heavy atom. The minimum Gasteiger partial charge on any atom is -0.225 e. The molecule has 0 amide bonds. The molecule has 2 N–H and O–H groups in total. The van der Waals surface area contributed by atoms with Crippen LogP contribution in [-0.2, 0) is 30.1 Å². The molecular formula is C22H23F2N3O6S3. The molecule has 0 spiro atoms. The van der Waals surface area contributed by atoms with Gasteiger partial charge in [0.1, 0.15) is 11.6 Å². The summed E-state index contributed by atoms with van der Waals surface area (Å²) < 4.78 is 99.7. The highest BCUT2D eigenvalue weighted by molar-refractivity contribution is 7.89. The Labute approximate surface area is 208 Å². The van der Waals surface area contributed by atoms with Crippen molar-refractivity contribution in [3.63, 3.8) is 0 Å². The van der Waals surface area contributed by atoms with Gasteiger partial charge >= 0.3 is 0 Å². The summed E-state index contributed by atoms with van der Waals surface area (Å²) in [5.74, 6) is -1.08. The van der Waals surface area contributed by atoms with Crippen molar-refractivity contribution in [1.82, 2.24) is 8.61 Å². The van der Waals surface area contributed by atoms with E-state index in [9.17, 15) is 34.0 Å². The van der Waals surface area contributed by atoms with Gasteiger partial charge in [0.2, 0.25) is 30.1 Å². The molecule has 1 fully saturated rings. The monoisotopic (exact) mass is 559 g/mol. The average molecular weight is 560 g/mol. The summed E-state index contributed by atoms with van der Waals surface area (Å²) in [6, 6.07) is 16.8. The number of sulfonamides is 3. The van der Waals surface area contributed by atoms with Gasteiger partial charge in [0, 0.05) is 26.2 Å². The first-order chi connectivity index (χ1) is 16.8. The van der Waals surface area contributed by atoms with Crippen LogP contribution in [0.5, 0.6) is 0 Å². The number of piperazine rings is 1. The summed E-state index contributed by atoms with van der Waals surface area (Å²) in [5.41, 5.74) is 0. The number of nitrogens with two attached hydrogens (primary N) is 1. The number of hydrogen-bond acceptors (Lipinski definition) is 6. The zero-order chi connectivity index (χ0) is 26.6. The fraction of sp³-hybridized carbons (Fsp3) is 0.182. The van der Waals surface area contributed by atoms with E-state index in [1.807, 2.05) is 0 Å². The Morgan fingerprint density at radius 1 is 0.528 bits per heavy atom. The molecule has 0 radical (unpaired) electrons. The summed E-state index contributed by atoms with van der Waals surface area (Å²) >= 11 is 0. The van der Waals surface area contributed by atoms with Crippen molar-refractivity contribution in [3.05, 3.63) is 90.5 Å². The zero-order valence-electron chi connectivity index (χ0n) is 18.7. The van der Waals surface area contributed by atoms with Crippen LogP contribution in [0.3, 0.4) is 0 Å². The van der Waals surface area contributed by atoms with Gasteiger partial charge in [0.05, 0.1) is 14.7 Å². The summed E-state index contributed by atoms with van der Waals surface area (Å²) in [6.45, 7) is -0.111. The van der Waals surface area contributed by atoms with Gasteiger partial charge in [-0.1, -0.05) is 18.2 Å². The van der Waals surface area contributed by atoms with Crippen molar-refractivity contribution in [2.75, 3.05) is 26.2 Å². The third-order valence-corrected chi connectivity index (χ3v) is 9.93. The highest BCUT2D eigenvalue weighted by Gasteiger charge is 2.33. The van der Waals surface area contributed by atoms with E-state index in [0.717, 1.165) is 32.9 Å². The van der Waals surface area contributed by atoms with Crippen LogP contribution in [0, 0.1) is 11.6 Å². The molecule has 194 valence electrons. The molecule has 1 aliphatic rings. The molecule has 1 heterocycles. The molecule has 1 aliphatic heterocycles. The largest absolute Gasteiger partial charge is 0.243 e. The lowest BCUT2D eigenvalue weighted by Crippen LogP contribution is -2.50. The zero-order valence-corrected chi connectivity index (χ0v) is 21.2. The van der Waals surface area contributed by atoms with E-state index in [-0.39, 0.29) is 40.9 Å². The normalized spacial score (nSPS) is 15.6. The maximum absolute atomic E-state index is 13.0. The molecular weight excluding hydrogens is 536 g/mol. The highest BCUT2D eigenvalue weighted by atomic mass is 32.2. The fourth-order valence-corrected chi connectivity index (χ4v) is 6.65. The van der Waals surface area contributed by atoms with Crippen LogP contribution in [-0.4, -0.2) is 60.0 Å². The number of hydrogen-bond donors (Lipinski definition) is 1. The molecule has 1 saturated heterocycles. The Balaban J connectivity index is 0.000000303. The van der Waals surface area contributed by atoms with Crippen LogP contribution in [0.2, 0.25) is 0 Å². The van der Waals surface area contributed by atoms with Crippen molar-refractivity contribution in [2.45, 2.75) is 14.7 Å². The second-order valence-corrected chi connectivity index (χ2v) is 13.0. The summed E-state index contributed by atoms with van der Waals surface area (Å²) in [6.07, 6.45) is 0. The lowest BCUT2D eigenvalue weighted by molar-refractivity contribution is 0.273. The van der Waals surface area contributed by atoms with E-state index in [0.29, 0.717) is 0 Å². The lowest BCUT2D eigenvalue weighted by atomic mass is 10.4. The third kappa shape index (κ3) is 6.72. The number of nitrogens with zero attached hydrogens (tertiary/aromatic N) is 2. The lowest BCUT2D eigenvalue weighted by Gasteiger charge is -2.33. The van der Waals surface area contributed by atoms with Crippen molar-refractivity contribution in [1.29, 1.82) is 0 Å². The number of primary sulfonamides is 1. The number of rotatable bonds is 5. The molecule has 0 aromatic heterocycles. The molecule has 3 aromatic carbocycles. The molecule has 0 atom stereocenters. The van der Waals surface area contributed by atoms with E-state index in [1.54, 1.807) is 18.2 Å². The first-order valence-electron chi connectivity index (χ1n) is 10.4. The van der Waals surface area contributed by atoms with Gasteiger partial charge in [0.25, 0.3) is 0 Å². The van der Waals surface area contributed by atoms with Crippen molar-refractivity contribution >= 4 is 30.1 Å². The smallest absolute Gasteiger partial charge is 0.225 e. The van der Waals surface area contributed by atoms with Gasteiger partial charge in [-0.05, 0) is 60.7 Å². The molecule has 0 unspecified atom stereocenters. The molecule has 14 heteroatoms. The predicted molar refractivity (Wildman–Crippen MR) is 128 cm³/mol. The first-order valence-corrected chi connectivity index (χ1v) is 14.8. The highest BCUT2D eigenvalue weighted by Crippen LogP contribution is 2.22. The molecule has 0 saturated carbocycles. The molecule has 36 heavy (non-hydrogen) atoms. The number of halogens is 2. The Morgan fingerprint density at radius 3 is 1.14 bits per heavy atom. The van der Waals surface area contributed by atoms with E-state index in [2.05, 4.69) is 0 Å². The average Bonchev–Trinajstić information content (AvgIpc) is 2.85. The molecule has 9 nitrogen and oxygen atoms in total. The minimum absolute atomic E-state index is 0.0276. The van der Waals surface area contributed by atoms with E-state index in [1.165, 1.54) is 36.4 Å². The van der Waals surface area contributed by atoms with Crippen LogP contribution in [0.4, 0.5) is 8.78 Å². The van der Waals surface area contributed by atoms with E-state index >= 15 is 0 Å². The summed E-state index contributed by atoms with van der Waals surface area (Å²) in [4.78, 5) is 0.0532. The second kappa shape index (κ2) is 11.1. The summed E-state index contributed by atoms with van der Waals surface area (Å²) in [7, 11) is -11.1. The van der Waals surface area contributed by atoms with Gasteiger partial charge < -0.3 is 0 Å². The topological polar surface area (TPSA) is 135 Å². The van der Waals surface area contributed by atoms with Gasteiger partial charge in [-0.3, -0.25) is 0 Å². The van der Waals surface area contributed by atoms with Crippen molar-refractivity contribution in [2.24, 2.45) is 5.14 Å². The number of benzene rings is 3. The van der Waals surface area contributed by atoms with Gasteiger partial charge in [-0.2, -0.15) is 8.61 Å². The predicted octanol–water partition coefficient (Wildman–Crippen LogP) is 1.99. The molecule has 0 aliphatic carbocycles. The molecule has 0 bridgehead atoms.